The van der Waals surface area contributed by atoms with Gasteiger partial charge in [0.15, 0.2) is 0 Å². The molecular formula is C19H20N2O. The lowest BCUT2D eigenvalue weighted by atomic mass is 9.93. The SMILES string of the molecule is CC(=O)N1C[C@@H]2c3ccccc3CCN2[C@@H]1c1ccccc1. The first-order chi connectivity index (χ1) is 10.8. The molecule has 112 valence electrons. The number of fused-ring (bicyclic) bond motifs is 3. The minimum Gasteiger partial charge on any atom is -0.321 e. The highest BCUT2D eigenvalue weighted by Crippen LogP contribution is 2.44. The Morgan fingerprint density at radius 1 is 1.05 bits per heavy atom. The lowest BCUT2D eigenvalue weighted by Crippen LogP contribution is -2.36. The van der Waals surface area contributed by atoms with Crippen molar-refractivity contribution in [3.8, 4) is 0 Å². The smallest absolute Gasteiger partial charge is 0.221 e. The summed E-state index contributed by atoms with van der Waals surface area (Å²) in [5.41, 5.74) is 4.03. The van der Waals surface area contributed by atoms with Crippen LogP contribution in [0.2, 0.25) is 0 Å². The molecule has 2 aliphatic heterocycles. The van der Waals surface area contributed by atoms with Gasteiger partial charge in [0.05, 0.1) is 6.04 Å². The molecule has 0 N–H and O–H groups in total. The normalized spacial score (nSPS) is 24.0. The zero-order valence-corrected chi connectivity index (χ0v) is 12.8. The Bertz CT molecular complexity index is 698. The van der Waals surface area contributed by atoms with Gasteiger partial charge in [0.2, 0.25) is 5.91 Å². The molecular weight excluding hydrogens is 272 g/mol. The number of carbonyl (C=O) groups is 1. The van der Waals surface area contributed by atoms with Crippen LogP contribution in [0.3, 0.4) is 0 Å². The van der Waals surface area contributed by atoms with Crippen molar-refractivity contribution in [3.63, 3.8) is 0 Å². The Balaban J connectivity index is 1.78. The van der Waals surface area contributed by atoms with Gasteiger partial charge in [-0.3, -0.25) is 9.69 Å². The summed E-state index contributed by atoms with van der Waals surface area (Å²) in [6, 6.07) is 19.4. The predicted octanol–water partition coefficient (Wildman–Crippen LogP) is 3.15. The second-order valence-electron chi connectivity index (χ2n) is 6.16. The Kier molecular flexibility index (Phi) is 3.23. The van der Waals surface area contributed by atoms with Crippen molar-refractivity contribution in [2.45, 2.75) is 25.6 Å². The van der Waals surface area contributed by atoms with Crippen LogP contribution in [0, 0.1) is 0 Å². The summed E-state index contributed by atoms with van der Waals surface area (Å²) in [5.74, 6) is 0.153. The average molecular weight is 292 g/mol. The van der Waals surface area contributed by atoms with E-state index in [1.54, 1.807) is 6.92 Å². The third-order valence-corrected chi connectivity index (χ3v) is 4.93. The molecule has 3 nitrogen and oxygen atoms in total. The molecule has 0 unspecified atom stereocenters. The van der Waals surface area contributed by atoms with E-state index in [0.717, 1.165) is 19.5 Å². The summed E-state index contributed by atoms with van der Waals surface area (Å²) in [5, 5.41) is 0. The third-order valence-electron chi connectivity index (χ3n) is 4.93. The van der Waals surface area contributed by atoms with Crippen molar-refractivity contribution >= 4 is 5.91 Å². The summed E-state index contributed by atoms with van der Waals surface area (Å²) in [4.78, 5) is 16.7. The first-order valence-electron chi connectivity index (χ1n) is 7.91. The van der Waals surface area contributed by atoms with Crippen LogP contribution in [0.4, 0.5) is 0 Å². The molecule has 0 bridgehead atoms. The Hall–Kier alpha value is -2.13. The van der Waals surface area contributed by atoms with Gasteiger partial charge >= 0.3 is 0 Å². The van der Waals surface area contributed by atoms with E-state index in [9.17, 15) is 4.79 Å². The van der Waals surface area contributed by atoms with E-state index in [-0.39, 0.29) is 12.1 Å². The fourth-order valence-corrected chi connectivity index (χ4v) is 3.93. The number of carbonyl (C=O) groups excluding carboxylic acids is 1. The van der Waals surface area contributed by atoms with Crippen molar-refractivity contribution < 1.29 is 4.79 Å². The second-order valence-corrected chi connectivity index (χ2v) is 6.16. The molecule has 1 saturated heterocycles. The molecule has 0 spiro atoms. The summed E-state index contributed by atoms with van der Waals surface area (Å²) < 4.78 is 0. The number of amides is 1. The van der Waals surface area contributed by atoms with E-state index in [0.29, 0.717) is 6.04 Å². The van der Waals surface area contributed by atoms with Gasteiger partial charge in [0.25, 0.3) is 0 Å². The molecule has 0 radical (unpaired) electrons. The molecule has 2 aromatic rings. The molecule has 3 heteroatoms. The number of rotatable bonds is 1. The summed E-state index contributed by atoms with van der Waals surface area (Å²) >= 11 is 0. The zero-order chi connectivity index (χ0) is 15.1. The molecule has 2 atom stereocenters. The van der Waals surface area contributed by atoms with Gasteiger partial charge < -0.3 is 4.90 Å². The Labute approximate surface area is 131 Å². The highest BCUT2D eigenvalue weighted by Gasteiger charge is 2.44. The molecule has 0 aromatic heterocycles. The minimum absolute atomic E-state index is 0.0667. The summed E-state index contributed by atoms with van der Waals surface area (Å²) in [6.45, 7) is 3.47. The lowest BCUT2D eigenvalue weighted by Gasteiger charge is -2.35. The number of nitrogens with zero attached hydrogens (tertiary/aromatic N) is 2. The van der Waals surface area contributed by atoms with Crippen LogP contribution in [0.25, 0.3) is 0 Å². The summed E-state index contributed by atoms with van der Waals surface area (Å²) in [7, 11) is 0. The molecule has 2 aromatic carbocycles. The standard InChI is InChI=1S/C19H20N2O/c1-14(22)21-13-18-17-10-6-5-7-15(17)11-12-20(18)19(21)16-8-3-2-4-9-16/h2-10,18-19H,11-13H2,1H3/t18-,19+/m1/s1. The van der Waals surface area contributed by atoms with E-state index in [1.165, 1.54) is 16.7 Å². The Morgan fingerprint density at radius 3 is 2.55 bits per heavy atom. The van der Waals surface area contributed by atoms with Crippen molar-refractivity contribution in [2.75, 3.05) is 13.1 Å². The Morgan fingerprint density at radius 2 is 1.77 bits per heavy atom. The van der Waals surface area contributed by atoms with E-state index >= 15 is 0 Å². The van der Waals surface area contributed by atoms with Crippen LogP contribution < -0.4 is 0 Å². The zero-order valence-electron chi connectivity index (χ0n) is 12.8. The van der Waals surface area contributed by atoms with Crippen LogP contribution in [-0.4, -0.2) is 28.8 Å². The van der Waals surface area contributed by atoms with Crippen LogP contribution in [0.15, 0.2) is 54.6 Å². The fraction of sp³-hybridized carbons (Fsp3) is 0.316. The van der Waals surface area contributed by atoms with Gasteiger partial charge in [-0.05, 0) is 23.1 Å². The number of hydrogen-bond donors (Lipinski definition) is 0. The molecule has 0 saturated carbocycles. The largest absolute Gasteiger partial charge is 0.321 e. The minimum atomic E-state index is 0.0667. The maximum absolute atomic E-state index is 12.2. The molecule has 22 heavy (non-hydrogen) atoms. The van der Waals surface area contributed by atoms with Crippen molar-refractivity contribution in [3.05, 3.63) is 71.3 Å². The lowest BCUT2D eigenvalue weighted by molar-refractivity contribution is -0.131. The number of benzene rings is 2. The van der Waals surface area contributed by atoms with E-state index in [4.69, 9.17) is 0 Å². The number of hydrogen-bond acceptors (Lipinski definition) is 2. The van der Waals surface area contributed by atoms with Gasteiger partial charge in [-0.15, -0.1) is 0 Å². The predicted molar refractivity (Wildman–Crippen MR) is 86.2 cm³/mol. The van der Waals surface area contributed by atoms with Gasteiger partial charge in [-0.25, -0.2) is 0 Å². The third kappa shape index (κ3) is 2.04. The molecule has 2 aliphatic rings. The van der Waals surface area contributed by atoms with Crippen LogP contribution in [0.1, 0.15) is 35.8 Å². The topological polar surface area (TPSA) is 23.6 Å². The molecule has 0 aliphatic carbocycles. The first kappa shape index (κ1) is 13.5. The van der Waals surface area contributed by atoms with Gasteiger partial charge in [0, 0.05) is 20.0 Å². The van der Waals surface area contributed by atoms with Crippen molar-refractivity contribution in [2.24, 2.45) is 0 Å². The van der Waals surface area contributed by atoms with E-state index in [2.05, 4.69) is 53.4 Å². The maximum Gasteiger partial charge on any atom is 0.221 e. The van der Waals surface area contributed by atoms with Crippen LogP contribution in [-0.2, 0) is 11.2 Å². The maximum atomic E-state index is 12.2. The van der Waals surface area contributed by atoms with Gasteiger partial charge in [-0.2, -0.15) is 0 Å². The van der Waals surface area contributed by atoms with Crippen molar-refractivity contribution in [1.29, 1.82) is 0 Å². The van der Waals surface area contributed by atoms with Crippen LogP contribution >= 0.6 is 0 Å². The molecule has 2 heterocycles. The molecule has 1 amide bonds. The highest BCUT2D eigenvalue weighted by atomic mass is 16.2. The van der Waals surface area contributed by atoms with E-state index in [1.807, 2.05) is 11.0 Å². The quantitative estimate of drug-likeness (QED) is 0.806. The molecule has 4 rings (SSSR count). The molecule has 1 fully saturated rings. The highest BCUT2D eigenvalue weighted by molar-refractivity contribution is 5.74. The monoisotopic (exact) mass is 292 g/mol. The van der Waals surface area contributed by atoms with Crippen LogP contribution in [0.5, 0.6) is 0 Å². The first-order valence-corrected chi connectivity index (χ1v) is 7.91. The average Bonchev–Trinajstić information content (AvgIpc) is 2.96. The fourth-order valence-electron chi connectivity index (χ4n) is 3.93. The van der Waals surface area contributed by atoms with Crippen molar-refractivity contribution in [1.82, 2.24) is 9.80 Å². The second kappa shape index (κ2) is 5.25. The summed E-state index contributed by atoms with van der Waals surface area (Å²) in [6.07, 6.45) is 1.12. The van der Waals surface area contributed by atoms with Gasteiger partial charge in [0.1, 0.15) is 6.17 Å². The van der Waals surface area contributed by atoms with Gasteiger partial charge in [-0.1, -0.05) is 54.6 Å². The van der Waals surface area contributed by atoms with E-state index < -0.39 is 0 Å².